The Labute approximate surface area is 202 Å². The molecule has 0 saturated heterocycles. The Bertz CT molecular complexity index is 994. The van der Waals surface area contributed by atoms with E-state index in [0.717, 1.165) is 73.9 Å². The standard InChI is InChI=1S/C27H37N3O4/c1-4-18-24(16-12-14-17(15-13-16)27(32)34-3)29-26(19-8-5-6-10-21(19)31)30-25(18)23-20(28)9-7-11-22(23)33-2/h12-15,19-23,31H,4-11,28H2,1-3H3. The number of hydrogen-bond donors (Lipinski definition) is 2. The molecule has 1 aromatic heterocycles. The van der Waals surface area contributed by atoms with Crippen molar-refractivity contribution in [2.75, 3.05) is 14.2 Å². The number of carbonyl (C=O) groups excluding carboxylic acids is 1. The Hall–Kier alpha value is -2.35. The van der Waals surface area contributed by atoms with E-state index in [4.69, 9.17) is 25.2 Å². The number of aliphatic hydroxyl groups excluding tert-OH is 1. The minimum Gasteiger partial charge on any atom is -0.465 e. The zero-order valence-corrected chi connectivity index (χ0v) is 20.5. The molecule has 184 valence electrons. The van der Waals surface area contributed by atoms with Gasteiger partial charge in [-0.3, -0.25) is 0 Å². The molecule has 7 heteroatoms. The molecule has 1 aromatic carbocycles. The van der Waals surface area contributed by atoms with Crippen molar-refractivity contribution in [1.82, 2.24) is 9.97 Å². The molecular weight excluding hydrogens is 430 g/mol. The number of nitrogens with two attached hydrogens (primary N) is 1. The second kappa shape index (κ2) is 10.9. The first-order chi connectivity index (χ1) is 16.5. The number of carbonyl (C=O) groups is 1. The van der Waals surface area contributed by atoms with Crippen LogP contribution in [0, 0.1) is 0 Å². The summed E-state index contributed by atoms with van der Waals surface area (Å²) in [5.41, 5.74) is 10.9. The first kappa shape index (κ1) is 24.8. The van der Waals surface area contributed by atoms with E-state index in [1.165, 1.54) is 7.11 Å². The molecule has 7 nitrogen and oxygen atoms in total. The molecule has 0 radical (unpaired) electrons. The summed E-state index contributed by atoms with van der Waals surface area (Å²) in [4.78, 5) is 22.1. The van der Waals surface area contributed by atoms with Crippen LogP contribution in [0.3, 0.4) is 0 Å². The second-order valence-electron chi connectivity index (χ2n) is 9.57. The van der Waals surface area contributed by atoms with Gasteiger partial charge < -0.3 is 20.3 Å². The van der Waals surface area contributed by atoms with E-state index < -0.39 is 6.10 Å². The van der Waals surface area contributed by atoms with Crippen LogP contribution in [-0.2, 0) is 15.9 Å². The van der Waals surface area contributed by atoms with Crippen molar-refractivity contribution < 1.29 is 19.4 Å². The van der Waals surface area contributed by atoms with Crippen LogP contribution in [0.5, 0.6) is 0 Å². The SMILES string of the molecule is CCc1c(-c2ccc(C(=O)OC)cc2)nc(C2CCCCC2O)nc1C1C(N)CCCC1OC. The van der Waals surface area contributed by atoms with Gasteiger partial charge in [-0.1, -0.05) is 31.9 Å². The molecule has 4 rings (SSSR count). The summed E-state index contributed by atoms with van der Waals surface area (Å²) in [6.45, 7) is 2.11. The summed E-state index contributed by atoms with van der Waals surface area (Å²) >= 11 is 0. The van der Waals surface area contributed by atoms with Crippen LogP contribution in [0.25, 0.3) is 11.3 Å². The van der Waals surface area contributed by atoms with Gasteiger partial charge in [0.25, 0.3) is 0 Å². The third kappa shape index (κ3) is 4.88. The van der Waals surface area contributed by atoms with E-state index in [-0.39, 0.29) is 30.0 Å². The van der Waals surface area contributed by atoms with E-state index >= 15 is 0 Å². The molecule has 2 aliphatic rings. The minimum absolute atomic E-state index is 0.00243. The molecule has 5 unspecified atom stereocenters. The van der Waals surface area contributed by atoms with Gasteiger partial charge in [0, 0.05) is 36.1 Å². The molecule has 0 aliphatic heterocycles. The van der Waals surface area contributed by atoms with Crippen molar-refractivity contribution in [3.63, 3.8) is 0 Å². The number of aromatic nitrogens is 2. The van der Waals surface area contributed by atoms with Gasteiger partial charge in [0.1, 0.15) is 5.82 Å². The van der Waals surface area contributed by atoms with E-state index in [1.807, 2.05) is 12.1 Å². The van der Waals surface area contributed by atoms with Crippen molar-refractivity contribution in [3.8, 4) is 11.3 Å². The van der Waals surface area contributed by atoms with Gasteiger partial charge in [-0.2, -0.15) is 0 Å². The maximum Gasteiger partial charge on any atom is 0.337 e. The molecule has 0 bridgehead atoms. The molecule has 3 N–H and O–H groups in total. The minimum atomic E-state index is -0.443. The Morgan fingerprint density at radius 1 is 1.06 bits per heavy atom. The number of methoxy groups -OCH3 is 2. The number of benzene rings is 1. The molecule has 5 atom stereocenters. The maximum absolute atomic E-state index is 11.9. The average Bonchev–Trinajstić information content (AvgIpc) is 2.87. The number of aliphatic hydroxyl groups is 1. The van der Waals surface area contributed by atoms with E-state index in [2.05, 4.69) is 6.92 Å². The quantitative estimate of drug-likeness (QED) is 0.615. The van der Waals surface area contributed by atoms with Gasteiger partial charge >= 0.3 is 5.97 Å². The average molecular weight is 468 g/mol. The molecular formula is C27H37N3O4. The molecule has 2 saturated carbocycles. The normalized spacial score (nSPS) is 27.4. The predicted octanol–water partition coefficient (Wildman–Crippen LogP) is 4.12. The van der Waals surface area contributed by atoms with Gasteiger partial charge in [-0.05, 0) is 50.7 Å². The van der Waals surface area contributed by atoms with Crippen LogP contribution in [0.4, 0.5) is 0 Å². The highest BCUT2D eigenvalue weighted by Gasteiger charge is 2.37. The zero-order chi connectivity index (χ0) is 24.2. The number of nitrogens with zero attached hydrogens (tertiary/aromatic N) is 2. The fourth-order valence-electron chi connectivity index (χ4n) is 5.68. The fourth-order valence-corrected chi connectivity index (χ4v) is 5.68. The first-order valence-corrected chi connectivity index (χ1v) is 12.5. The van der Waals surface area contributed by atoms with E-state index in [1.54, 1.807) is 19.2 Å². The number of ether oxygens (including phenoxy) is 2. The topological polar surface area (TPSA) is 108 Å². The molecule has 2 fully saturated rings. The van der Waals surface area contributed by atoms with E-state index in [9.17, 15) is 9.90 Å². The number of rotatable bonds is 6. The zero-order valence-electron chi connectivity index (χ0n) is 20.5. The van der Waals surface area contributed by atoms with Gasteiger partial charge in [-0.15, -0.1) is 0 Å². The highest BCUT2D eigenvalue weighted by Crippen LogP contribution is 2.40. The second-order valence-corrected chi connectivity index (χ2v) is 9.57. The Morgan fingerprint density at radius 2 is 1.79 bits per heavy atom. The molecule has 0 amide bonds. The third-order valence-electron chi connectivity index (χ3n) is 7.56. The van der Waals surface area contributed by atoms with Crippen LogP contribution in [0.1, 0.15) is 91.1 Å². The highest BCUT2D eigenvalue weighted by atomic mass is 16.5. The third-order valence-corrected chi connectivity index (χ3v) is 7.56. The molecule has 1 heterocycles. The smallest absolute Gasteiger partial charge is 0.337 e. The Kier molecular flexibility index (Phi) is 7.96. The summed E-state index contributed by atoms with van der Waals surface area (Å²) in [5.74, 6) is 0.212. The van der Waals surface area contributed by atoms with Gasteiger partial charge in [0.2, 0.25) is 0 Å². The Balaban J connectivity index is 1.88. The highest BCUT2D eigenvalue weighted by molar-refractivity contribution is 5.90. The predicted molar refractivity (Wildman–Crippen MR) is 131 cm³/mol. The van der Waals surface area contributed by atoms with Gasteiger partial charge in [0.05, 0.1) is 36.3 Å². The largest absolute Gasteiger partial charge is 0.465 e. The monoisotopic (exact) mass is 467 g/mol. The van der Waals surface area contributed by atoms with Crippen LogP contribution in [0.15, 0.2) is 24.3 Å². The van der Waals surface area contributed by atoms with Crippen molar-refractivity contribution >= 4 is 5.97 Å². The van der Waals surface area contributed by atoms with Crippen LogP contribution in [-0.4, -0.2) is 53.5 Å². The summed E-state index contributed by atoms with van der Waals surface area (Å²) in [5, 5.41) is 10.8. The number of hydrogen-bond acceptors (Lipinski definition) is 7. The lowest BCUT2D eigenvalue weighted by atomic mass is 9.77. The Morgan fingerprint density at radius 3 is 2.44 bits per heavy atom. The lowest BCUT2D eigenvalue weighted by Crippen LogP contribution is -2.42. The maximum atomic E-state index is 11.9. The van der Waals surface area contributed by atoms with Crippen molar-refractivity contribution in [2.45, 2.75) is 88.4 Å². The number of esters is 1. The van der Waals surface area contributed by atoms with Gasteiger partial charge in [0.15, 0.2) is 0 Å². The van der Waals surface area contributed by atoms with Crippen LogP contribution in [0.2, 0.25) is 0 Å². The van der Waals surface area contributed by atoms with Crippen molar-refractivity contribution in [2.24, 2.45) is 5.73 Å². The van der Waals surface area contributed by atoms with Gasteiger partial charge in [-0.25, -0.2) is 14.8 Å². The van der Waals surface area contributed by atoms with Crippen LogP contribution >= 0.6 is 0 Å². The molecule has 0 spiro atoms. The molecule has 34 heavy (non-hydrogen) atoms. The summed E-state index contributed by atoms with van der Waals surface area (Å²) in [6.07, 6.45) is 6.96. The molecule has 2 aliphatic carbocycles. The fraction of sp³-hybridized carbons (Fsp3) is 0.593. The van der Waals surface area contributed by atoms with Crippen molar-refractivity contribution in [1.29, 1.82) is 0 Å². The lowest BCUT2D eigenvalue weighted by molar-refractivity contribution is 0.0428. The molecule has 2 aromatic rings. The lowest BCUT2D eigenvalue weighted by Gasteiger charge is -2.37. The summed E-state index contributed by atoms with van der Waals surface area (Å²) < 4.78 is 10.7. The summed E-state index contributed by atoms with van der Waals surface area (Å²) in [6, 6.07) is 7.31. The van der Waals surface area contributed by atoms with E-state index in [0.29, 0.717) is 11.4 Å². The first-order valence-electron chi connectivity index (χ1n) is 12.5. The summed E-state index contributed by atoms with van der Waals surface area (Å²) in [7, 11) is 3.13. The van der Waals surface area contributed by atoms with Crippen LogP contribution < -0.4 is 5.73 Å². The van der Waals surface area contributed by atoms with Crippen molar-refractivity contribution in [3.05, 3.63) is 46.9 Å².